The molecule has 1 aliphatic heterocycles. The van der Waals surface area contributed by atoms with Gasteiger partial charge >= 0.3 is 0 Å². The number of hydrogen-bond donors (Lipinski definition) is 0. The molecule has 0 fully saturated rings. The van der Waals surface area contributed by atoms with E-state index in [1.165, 1.54) is 0 Å². The van der Waals surface area contributed by atoms with Crippen LogP contribution in [-0.4, -0.2) is 12.4 Å². The molecule has 1 atom stereocenters. The van der Waals surface area contributed by atoms with Gasteiger partial charge in [-0.15, -0.1) is 0 Å². The van der Waals surface area contributed by atoms with Crippen LogP contribution < -0.4 is 4.74 Å². The van der Waals surface area contributed by atoms with E-state index >= 15 is 0 Å². The smallest absolute Gasteiger partial charge is 0.173 e. The highest BCUT2D eigenvalue weighted by Crippen LogP contribution is 2.28. The van der Waals surface area contributed by atoms with Crippen LogP contribution in [-0.2, 0) is 0 Å². The number of para-hydroxylation sites is 1. The van der Waals surface area contributed by atoms with Crippen molar-refractivity contribution in [2.24, 2.45) is 5.92 Å². The quantitative estimate of drug-likeness (QED) is 0.716. The van der Waals surface area contributed by atoms with Gasteiger partial charge in [0, 0.05) is 0 Å². The third-order valence-electron chi connectivity index (χ3n) is 2.60. The summed E-state index contributed by atoms with van der Waals surface area (Å²) < 4.78 is 5.54. The highest BCUT2D eigenvalue weighted by molar-refractivity contribution is 6.01. The molecule has 0 radical (unpaired) electrons. The molecule has 1 heterocycles. The van der Waals surface area contributed by atoms with Gasteiger partial charge < -0.3 is 4.74 Å². The second-order valence-corrected chi connectivity index (χ2v) is 3.66. The van der Waals surface area contributed by atoms with Gasteiger partial charge in [-0.2, -0.15) is 0 Å². The molecule has 0 aromatic heterocycles. The molecular formula is C12H14O2. The highest BCUT2D eigenvalue weighted by Gasteiger charge is 2.27. The maximum absolute atomic E-state index is 11.9. The van der Waals surface area contributed by atoms with E-state index in [1.807, 2.05) is 24.3 Å². The molecule has 2 heteroatoms. The molecule has 0 saturated heterocycles. The van der Waals surface area contributed by atoms with Crippen LogP contribution in [0.25, 0.3) is 0 Å². The van der Waals surface area contributed by atoms with E-state index < -0.39 is 0 Å². The summed E-state index contributed by atoms with van der Waals surface area (Å²) in [5.74, 6) is 1.05. The number of ketones is 1. The van der Waals surface area contributed by atoms with Crippen LogP contribution in [0.1, 0.15) is 30.1 Å². The van der Waals surface area contributed by atoms with Crippen LogP contribution in [0.4, 0.5) is 0 Å². The number of hydrogen-bond acceptors (Lipinski definition) is 2. The first-order chi connectivity index (χ1) is 6.83. The summed E-state index contributed by atoms with van der Waals surface area (Å²) in [6.45, 7) is 2.64. The standard InChI is InChI=1S/C12H14O2/c1-2-5-9-8-14-11-7-4-3-6-10(11)12(9)13/h3-4,6-7,9H,2,5,8H2,1H3. The monoisotopic (exact) mass is 190 g/mol. The lowest BCUT2D eigenvalue weighted by atomic mass is 9.92. The van der Waals surface area contributed by atoms with Gasteiger partial charge in [0.25, 0.3) is 0 Å². The van der Waals surface area contributed by atoms with Crippen molar-refractivity contribution < 1.29 is 9.53 Å². The van der Waals surface area contributed by atoms with E-state index in [2.05, 4.69) is 6.92 Å². The first kappa shape index (κ1) is 9.25. The molecule has 2 nitrogen and oxygen atoms in total. The summed E-state index contributed by atoms with van der Waals surface area (Å²) in [6.07, 6.45) is 1.95. The molecule has 0 N–H and O–H groups in total. The van der Waals surface area contributed by atoms with E-state index in [4.69, 9.17) is 4.74 Å². The van der Waals surface area contributed by atoms with Crippen molar-refractivity contribution in [3.63, 3.8) is 0 Å². The molecule has 0 amide bonds. The van der Waals surface area contributed by atoms with Crippen LogP contribution in [0.3, 0.4) is 0 Å². The second kappa shape index (κ2) is 3.82. The van der Waals surface area contributed by atoms with E-state index in [9.17, 15) is 4.79 Å². The Morgan fingerprint density at radius 2 is 2.21 bits per heavy atom. The van der Waals surface area contributed by atoms with Gasteiger partial charge in [0.15, 0.2) is 5.78 Å². The zero-order valence-electron chi connectivity index (χ0n) is 8.32. The number of carbonyl (C=O) groups is 1. The Hall–Kier alpha value is -1.31. The molecule has 74 valence electrons. The summed E-state index contributed by atoms with van der Waals surface area (Å²) >= 11 is 0. The van der Waals surface area contributed by atoms with Crippen molar-refractivity contribution in [1.29, 1.82) is 0 Å². The predicted molar refractivity (Wildman–Crippen MR) is 54.7 cm³/mol. The van der Waals surface area contributed by atoms with E-state index in [1.54, 1.807) is 0 Å². The lowest BCUT2D eigenvalue weighted by molar-refractivity contribution is 0.0820. The van der Waals surface area contributed by atoms with E-state index in [0.717, 1.165) is 24.2 Å². The van der Waals surface area contributed by atoms with Crippen molar-refractivity contribution in [3.05, 3.63) is 29.8 Å². The van der Waals surface area contributed by atoms with Crippen molar-refractivity contribution in [1.82, 2.24) is 0 Å². The second-order valence-electron chi connectivity index (χ2n) is 3.66. The molecule has 14 heavy (non-hydrogen) atoms. The number of Topliss-reactive ketones (excluding diaryl/α,β-unsaturated/α-hetero) is 1. The molecule has 0 saturated carbocycles. The Morgan fingerprint density at radius 1 is 1.43 bits per heavy atom. The van der Waals surface area contributed by atoms with Crippen molar-refractivity contribution in [2.75, 3.05) is 6.61 Å². The van der Waals surface area contributed by atoms with Crippen molar-refractivity contribution in [2.45, 2.75) is 19.8 Å². The Balaban J connectivity index is 2.27. The van der Waals surface area contributed by atoms with Crippen LogP contribution in [0.2, 0.25) is 0 Å². The number of rotatable bonds is 2. The van der Waals surface area contributed by atoms with Gasteiger partial charge in [-0.3, -0.25) is 4.79 Å². The lowest BCUT2D eigenvalue weighted by Crippen LogP contribution is -2.27. The summed E-state index contributed by atoms with van der Waals surface area (Å²) in [4.78, 5) is 11.9. The molecule has 0 aliphatic carbocycles. The lowest BCUT2D eigenvalue weighted by Gasteiger charge is -2.23. The minimum absolute atomic E-state index is 0.0647. The van der Waals surface area contributed by atoms with Gasteiger partial charge in [-0.05, 0) is 18.6 Å². The SMILES string of the molecule is CCCC1COc2ccccc2C1=O. The predicted octanol–water partition coefficient (Wildman–Crippen LogP) is 2.68. The van der Waals surface area contributed by atoms with Gasteiger partial charge in [0.1, 0.15) is 5.75 Å². The minimum atomic E-state index is 0.0647. The number of fused-ring (bicyclic) bond motifs is 1. The average Bonchev–Trinajstić information content (AvgIpc) is 2.23. The molecule has 1 aromatic carbocycles. The number of benzene rings is 1. The Kier molecular flexibility index (Phi) is 2.53. The van der Waals surface area contributed by atoms with Gasteiger partial charge in [-0.1, -0.05) is 25.5 Å². The summed E-state index contributed by atoms with van der Waals surface area (Å²) in [5.41, 5.74) is 0.747. The van der Waals surface area contributed by atoms with Crippen molar-refractivity contribution in [3.8, 4) is 5.75 Å². The molecular weight excluding hydrogens is 176 g/mol. The minimum Gasteiger partial charge on any atom is -0.492 e. The first-order valence-corrected chi connectivity index (χ1v) is 5.09. The van der Waals surface area contributed by atoms with Gasteiger partial charge in [-0.25, -0.2) is 0 Å². The Labute approximate surface area is 83.9 Å². The van der Waals surface area contributed by atoms with Crippen LogP contribution in [0, 0.1) is 5.92 Å². The molecule has 0 spiro atoms. The van der Waals surface area contributed by atoms with Gasteiger partial charge in [0.2, 0.25) is 0 Å². The highest BCUT2D eigenvalue weighted by atomic mass is 16.5. The molecule has 2 rings (SSSR count). The topological polar surface area (TPSA) is 26.3 Å². The first-order valence-electron chi connectivity index (χ1n) is 5.09. The summed E-state index contributed by atoms with van der Waals surface area (Å²) in [5, 5.41) is 0. The van der Waals surface area contributed by atoms with Crippen LogP contribution in [0.15, 0.2) is 24.3 Å². The normalized spacial score (nSPS) is 20.1. The largest absolute Gasteiger partial charge is 0.492 e. The summed E-state index contributed by atoms with van der Waals surface area (Å²) in [7, 11) is 0. The molecule has 1 unspecified atom stereocenters. The van der Waals surface area contributed by atoms with Crippen LogP contribution in [0.5, 0.6) is 5.75 Å². The molecule has 1 aliphatic rings. The fourth-order valence-corrected chi connectivity index (χ4v) is 1.84. The fourth-order valence-electron chi connectivity index (χ4n) is 1.84. The van der Waals surface area contributed by atoms with Crippen LogP contribution >= 0.6 is 0 Å². The summed E-state index contributed by atoms with van der Waals surface area (Å²) in [6, 6.07) is 7.48. The van der Waals surface area contributed by atoms with E-state index in [-0.39, 0.29) is 11.7 Å². The zero-order valence-corrected chi connectivity index (χ0v) is 8.32. The average molecular weight is 190 g/mol. The maximum Gasteiger partial charge on any atom is 0.173 e. The molecule has 1 aromatic rings. The molecule has 0 bridgehead atoms. The van der Waals surface area contributed by atoms with E-state index in [0.29, 0.717) is 6.61 Å². The third kappa shape index (κ3) is 1.52. The maximum atomic E-state index is 11.9. The van der Waals surface area contributed by atoms with Crippen molar-refractivity contribution >= 4 is 5.78 Å². The number of ether oxygens (including phenoxy) is 1. The zero-order chi connectivity index (χ0) is 9.97. The number of carbonyl (C=O) groups excluding carboxylic acids is 1. The van der Waals surface area contributed by atoms with Gasteiger partial charge in [0.05, 0.1) is 18.1 Å². The Bertz CT molecular complexity index is 344. The Morgan fingerprint density at radius 3 is 3.00 bits per heavy atom. The fraction of sp³-hybridized carbons (Fsp3) is 0.417. The third-order valence-corrected chi connectivity index (χ3v) is 2.60.